The molecule has 264 valence electrons. The molecule has 1 aromatic heterocycles. The Kier molecular flexibility index (Phi) is 8.13. The molecule has 1 unspecified atom stereocenters. The summed E-state index contributed by atoms with van der Waals surface area (Å²) in [7, 11) is 0. The minimum Gasteiger partial charge on any atom is -0.469 e. The summed E-state index contributed by atoms with van der Waals surface area (Å²) >= 11 is 0. The molecular weight excluding hydrogens is 646 g/mol. The van der Waals surface area contributed by atoms with Gasteiger partial charge < -0.3 is 35.5 Å². The van der Waals surface area contributed by atoms with E-state index in [9.17, 15) is 19.5 Å². The minimum atomic E-state index is -1.29. The quantitative estimate of drug-likeness (QED) is 0.193. The topological polar surface area (TPSA) is 155 Å². The van der Waals surface area contributed by atoms with Crippen LogP contribution >= 0.6 is 0 Å². The van der Waals surface area contributed by atoms with Crippen molar-refractivity contribution in [3.05, 3.63) is 112 Å². The van der Waals surface area contributed by atoms with E-state index < -0.39 is 41.6 Å². The van der Waals surface area contributed by atoms with Gasteiger partial charge in [-0.1, -0.05) is 82.3 Å². The fourth-order valence-electron chi connectivity index (χ4n) is 8.15. The van der Waals surface area contributed by atoms with Gasteiger partial charge in [0.05, 0.1) is 6.04 Å². The van der Waals surface area contributed by atoms with Crippen molar-refractivity contribution >= 4 is 23.4 Å². The predicted octanol–water partition coefficient (Wildman–Crippen LogP) is 4.83. The van der Waals surface area contributed by atoms with Crippen LogP contribution in [0.3, 0.4) is 0 Å². The summed E-state index contributed by atoms with van der Waals surface area (Å²) in [5.41, 5.74) is 4.57. The molecule has 6 atom stereocenters. The Morgan fingerprint density at radius 3 is 2.55 bits per heavy atom. The Morgan fingerprint density at radius 1 is 0.961 bits per heavy atom. The number of anilines is 1. The molecule has 0 fully saturated rings. The molecule has 4 aromatic rings. The van der Waals surface area contributed by atoms with Gasteiger partial charge in [0.1, 0.15) is 29.4 Å². The van der Waals surface area contributed by atoms with E-state index in [1.165, 1.54) is 5.56 Å². The molecule has 1 spiro atoms. The Labute approximate surface area is 296 Å². The number of para-hydroxylation sites is 1. The van der Waals surface area contributed by atoms with Gasteiger partial charge in [-0.15, -0.1) is 0 Å². The summed E-state index contributed by atoms with van der Waals surface area (Å²) in [4.78, 5) is 46.8. The van der Waals surface area contributed by atoms with Gasteiger partial charge in [0, 0.05) is 17.7 Å². The first-order chi connectivity index (χ1) is 24.6. The average molecular weight is 690 g/mol. The first kappa shape index (κ1) is 33.0. The molecule has 4 bridgehead atoms. The molecule has 5 N–H and O–H groups in total. The van der Waals surface area contributed by atoms with Crippen molar-refractivity contribution in [2.75, 3.05) is 5.32 Å². The second-order valence-corrected chi connectivity index (χ2v) is 14.9. The maximum atomic E-state index is 14.7. The van der Waals surface area contributed by atoms with Crippen molar-refractivity contribution in [2.24, 2.45) is 11.8 Å². The van der Waals surface area contributed by atoms with Gasteiger partial charge in [-0.2, -0.15) is 0 Å². The van der Waals surface area contributed by atoms with Gasteiger partial charge in [0.15, 0.2) is 17.7 Å². The number of hydrogen-bond donors (Lipinski definition) is 5. The molecule has 0 saturated carbocycles. The lowest BCUT2D eigenvalue weighted by molar-refractivity contribution is -0.135. The molecule has 8 rings (SSSR count). The van der Waals surface area contributed by atoms with Crippen LogP contribution in [-0.4, -0.2) is 46.2 Å². The van der Waals surface area contributed by atoms with Crippen LogP contribution in [0.25, 0.3) is 0 Å². The van der Waals surface area contributed by atoms with Crippen molar-refractivity contribution in [1.82, 2.24) is 20.9 Å². The standard InChI is InChI=1S/C40H43N5O6/c1-20(2)31-38-45-32(36(48)41-27-15-9-11-23-10-5-6-12-24(23)27)34(51-38)40-25-13-7-8-14-28(25)43-39(40)50-30-17-16-22(18-26(30)40)19-29(35(47)44-31)42-37(49)33(46)21(3)4/h5-8,10,12-14,16-18,20-21,27,29,31,33,39,43,46H,9,11,15,19H2,1-4H3,(H,41,48)(H,42,49)(H,44,47)/t27-,29+,31+,33+,39?,40+/m1/s1. The number of carbonyl (C=O) groups is 3. The summed E-state index contributed by atoms with van der Waals surface area (Å²) in [6, 6.07) is 19.8. The van der Waals surface area contributed by atoms with E-state index in [1.54, 1.807) is 13.8 Å². The van der Waals surface area contributed by atoms with Gasteiger partial charge in [0.25, 0.3) is 5.91 Å². The number of aliphatic hydroxyl groups excluding tert-OH is 1. The molecule has 4 aliphatic rings. The van der Waals surface area contributed by atoms with Crippen LogP contribution in [0.4, 0.5) is 5.69 Å². The number of amides is 3. The highest BCUT2D eigenvalue weighted by atomic mass is 16.5. The molecule has 0 saturated heterocycles. The highest BCUT2D eigenvalue weighted by molar-refractivity contribution is 5.95. The summed E-state index contributed by atoms with van der Waals surface area (Å²) in [6.07, 6.45) is 0.898. The van der Waals surface area contributed by atoms with E-state index in [-0.39, 0.29) is 41.8 Å². The fourth-order valence-corrected chi connectivity index (χ4v) is 8.15. The smallest absolute Gasteiger partial charge is 0.274 e. The molecule has 1 aliphatic carbocycles. The second-order valence-electron chi connectivity index (χ2n) is 14.9. The molecule has 0 radical (unpaired) electrons. The monoisotopic (exact) mass is 689 g/mol. The molecule has 3 aliphatic heterocycles. The third kappa shape index (κ3) is 5.37. The third-order valence-electron chi connectivity index (χ3n) is 10.8. The zero-order valence-corrected chi connectivity index (χ0v) is 29.2. The highest BCUT2D eigenvalue weighted by Crippen LogP contribution is 2.58. The zero-order chi connectivity index (χ0) is 35.6. The molecule has 11 heteroatoms. The number of nitrogens with one attached hydrogen (secondary N) is 4. The van der Waals surface area contributed by atoms with Crippen LogP contribution in [0, 0.1) is 11.8 Å². The Bertz CT molecular complexity index is 2040. The number of fused-ring (bicyclic) bond motifs is 5. The Hall–Kier alpha value is -5.16. The molecule has 3 aromatic carbocycles. The Balaban J connectivity index is 1.31. The number of oxazole rings is 1. The number of aryl methyl sites for hydroxylation is 1. The average Bonchev–Trinajstić information content (AvgIpc) is 3.79. The number of aliphatic hydroxyl groups is 1. The lowest BCUT2D eigenvalue weighted by Gasteiger charge is -2.29. The Morgan fingerprint density at radius 2 is 1.75 bits per heavy atom. The van der Waals surface area contributed by atoms with Crippen LogP contribution in [-0.2, 0) is 27.8 Å². The van der Waals surface area contributed by atoms with E-state index in [0.29, 0.717) is 11.5 Å². The molecule has 51 heavy (non-hydrogen) atoms. The van der Waals surface area contributed by atoms with E-state index in [0.717, 1.165) is 47.2 Å². The normalized spacial score (nSPS) is 24.9. The molecular formula is C40H43N5O6. The molecule has 4 heterocycles. The van der Waals surface area contributed by atoms with Gasteiger partial charge >= 0.3 is 0 Å². The zero-order valence-electron chi connectivity index (χ0n) is 29.2. The fraction of sp³-hybridized carbons (Fsp3) is 0.400. The van der Waals surface area contributed by atoms with Gasteiger partial charge in [-0.25, -0.2) is 4.98 Å². The van der Waals surface area contributed by atoms with E-state index in [2.05, 4.69) is 33.4 Å². The van der Waals surface area contributed by atoms with Gasteiger partial charge in [0.2, 0.25) is 17.7 Å². The maximum Gasteiger partial charge on any atom is 0.274 e. The SMILES string of the molecule is CC(C)[C@H](O)C(=O)N[C@H]1Cc2ccc3c(c2)[C@@]2(c4ccccc4NC2O3)c2oc(nc2C(=O)N[C@@H]2CCCc3ccccc32)[C@H](C(C)C)NC1=O. The van der Waals surface area contributed by atoms with Crippen LogP contribution in [0.2, 0.25) is 0 Å². The van der Waals surface area contributed by atoms with Crippen molar-refractivity contribution < 1.29 is 28.6 Å². The van der Waals surface area contributed by atoms with Crippen molar-refractivity contribution in [3.8, 4) is 5.75 Å². The van der Waals surface area contributed by atoms with Gasteiger partial charge in [-0.3, -0.25) is 14.4 Å². The van der Waals surface area contributed by atoms with E-state index >= 15 is 0 Å². The highest BCUT2D eigenvalue weighted by Gasteiger charge is 2.61. The van der Waals surface area contributed by atoms with Gasteiger partial charge in [-0.05, 0) is 65.5 Å². The summed E-state index contributed by atoms with van der Waals surface area (Å²) in [6.45, 7) is 7.35. The number of aromatic nitrogens is 1. The molecule has 11 nitrogen and oxygen atoms in total. The van der Waals surface area contributed by atoms with E-state index in [4.69, 9.17) is 14.1 Å². The summed E-state index contributed by atoms with van der Waals surface area (Å²) in [5, 5.41) is 23.3. The number of rotatable bonds is 6. The predicted molar refractivity (Wildman–Crippen MR) is 189 cm³/mol. The van der Waals surface area contributed by atoms with Crippen LogP contribution in [0.1, 0.15) is 103 Å². The number of ether oxygens (including phenoxy) is 1. The van der Waals surface area contributed by atoms with Crippen LogP contribution in [0.15, 0.2) is 71.1 Å². The number of hydrogen-bond acceptors (Lipinski definition) is 8. The third-order valence-corrected chi connectivity index (χ3v) is 10.8. The van der Waals surface area contributed by atoms with Crippen molar-refractivity contribution in [2.45, 2.75) is 89.3 Å². The molecule has 3 amide bonds. The van der Waals surface area contributed by atoms with Crippen molar-refractivity contribution in [1.29, 1.82) is 0 Å². The van der Waals surface area contributed by atoms with Crippen LogP contribution < -0.4 is 26.0 Å². The maximum absolute atomic E-state index is 14.7. The largest absolute Gasteiger partial charge is 0.469 e. The first-order valence-corrected chi connectivity index (χ1v) is 17.9. The number of benzene rings is 3. The summed E-state index contributed by atoms with van der Waals surface area (Å²) < 4.78 is 13.5. The second kappa shape index (κ2) is 12.6. The van der Waals surface area contributed by atoms with Crippen molar-refractivity contribution in [3.63, 3.8) is 0 Å². The lowest BCUT2D eigenvalue weighted by Crippen LogP contribution is -2.52. The number of carbonyl (C=O) groups excluding carboxylic acids is 3. The first-order valence-electron chi connectivity index (χ1n) is 17.9. The lowest BCUT2D eigenvalue weighted by atomic mass is 9.72. The summed E-state index contributed by atoms with van der Waals surface area (Å²) in [5.74, 6) is -0.897. The number of nitrogens with zero attached hydrogens (tertiary/aromatic N) is 1. The van der Waals surface area contributed by atoms with Crippen LogP contribution in [0.5, 0.6) is 5.75 Å². The van der Waals surface area contributed by atoms with E-state index in [1.807, 2.05) is 68.4 Å². The minimum absolute atomic E-state index is 0.127.